The molecule has 0 amide bonds. The molecule has 0 radical (unpaired) electrons. The highest BCUT2D eigenvalue weighted by molar-refractivity contribution is 14.0. The summed E-state index contributed by atoms with van der Waals surface area (Å²) in [5.74, 6) is 2.43. The number of aliphatic imine (C=N–C) groups is 1. The lowest BCUT2D eigenvalue weighted by Gasteiger charge is -2.14. The van der Waals surface area contributed by atoms with Gasteiger partial charge in [-0.25, -0.2) is 0 Å². The van der Waals surface area contributed by atoms with E-state index < -0.39 is 0 Å². The molecule has 1 saturated carbocycles. The number of anilines is 1. The minimum absolute atomic E-state index is 0. The molecule has 1 aromatic heterocycles. The van der Waals surface area contributed by atoms with Crippen molar-refractivity contribution in [1.82, 2.24) is 15.1 Å². The van der Waals surface area contributed by atoms with E-state index in [0.29, 0.717) is 0 Å². The maximum atomic E-state index is 5.71. The Labute approximate surface area is 196 Å². The van der Waals surface area contributed by atoms with Gasteiger partial charge in [0.1, 0.15) is 5.75 Å². The Bertz CT molecular complexity index is 730. The first-order valence-electron chi connectivity index (χ1n) is 10.6. The van der Waals surface area contributed by atoms with Crippen LogP contribution in [-0.4, -0.2) is 48.1 Å². The van der Waals surface area contributed by atoms with Crippen LogP contribution in [0.25, 0.3) is 0 Å². The van der Waals surface area contributed by atoms with Gasteiger partial charge in [-0.1, -0.05) is 0 Å². The minimum atomic E-state index is 0. The summed E-state index contributed by atoms with van der Waals surface area (Å²) in [6.45, 7) is 7.95. The molecule has 1 fully saturated rings. The van der Waals surface area contributed by atoms with Crippen molar-refractivity contribution in [2.45, 2.75) is 45.8 Å². The van der Waals surface area contributed by atoms with E-state index in [1.165, 1.54) is 12.8 Å². The summed E-state index contributed by atoms with van der Waals surface area (Å²) in [5.41, 5.74) is 0.969. The number of rotatable bonds is 12. The maximum Gasteiger partial charge on any atom is 0.195 e. The maximum absolute atomic E-state index is 5.71. The quantitative estimate of drug-likeness (QED) is 0.188. The van der Waals surface area contributed by atoms with E-state index in [9.17, 15) is 0 Å². The molecule has 0 unspecified atom stereocenters. The zero-order chi connectivity index (χ0) is 20.3. The topological polar surface area (TPSA) is 72.7 Å². The first-order chi connectivity index (χ1) is 14.2. The molecule has 0 spiro atoms. The predicted molar refractivity (Wildman–Crippen MR) is 132 cm³/mol. The first-order valence-corrected chi connectivity index (χ1v) is 10.6. The molecule has 166 valence electrons. The van der Waals surface area contributed by atoms with Crippen molar-refractivity contribution in [3.63, 3.8) is 0 Å². The predicted octanol–water partition coefficient (Wildman–Crippen LogP) is 4.16. The second kappa shape index (κ2) is 13.5. The molecule has 30 heavy (non-hydrogen) atoms. The van der Waals surface area contributed by atoms with Crippen LogP contribution >= 0.6 is 24.0 Å². The fraction of sp³-hybridized carbons (Fsp3) is 0.545. The molecular formula is C22H34IN5O2. The molecule has 7 nitrogen and oxygen atoms in total. The van der Waals surface area contributed by atoms with Gasteiger partial charge in [0.05, 0.1) is 12.6 Å². The van der Waals surface area contributed by atoms with Gasteiger partial charge in [-0.2, -0.15) is 5.10 Å². The Morgan fingerprint density at radius 1 is 1.27 bits per heavy atom. The zero-order valence-corrected chi connectivity index (χ0v) is 20.2. The van der Waals surface area contributed by atoms with Gasteiger partial charge in [-0.05, 0) is 69.4 Å². The number of nitrogens with zero attached hydrogens (tertiary/aromatic N) is 3. The number of halogens is 1. The smallest absolute Gasteiger partial charge is 0.195 e. The van der Waals surface area contributed by atoms with Crippen molar-refractivity contribution in [3.05, 3.63) is 42.7 Å². The largest absolute Gasteiger partial charge is 0.491 e. The number of hydrogen-bond donors (Lipinski definition) is 2. The molecule has 2 N–H and O–H groups in total. The van der Waals surface area contributed by atoms with Crippen molar-refractivity contribution in [2.24, 2.45) is 10.9 Å². The van der Waals surface area contributed by atoms with Gasteiger partial charge >= 0.3 is 0 Å². The summed E-state index contributed by atoms with van der Waals surface area (Å²) in [6.07, 6.45) is 7.48. The number of nitrogens with one attached hydrogen (secondary N) is 2. The summed E-state index contributed by atoms with van der Waals surface area (Å²) >= 11 is 0. The fourth-order valence-corrected chi connectivity index (χ4v) is 2.78. The van der Waals surface area contributed by atoms with Crippen LogP contribution in [0.2, 0.25) is 0 Å². The molecule has 1 heterocycles. The first kappa shape index (κ1) is 24.5. The van der Waals surface area contributed by atoms with Gasteiger partial charge < -0.3 is 20.1 Å². The van der Waals surface area contributed by atoms with Crippen LogP contribution < -0.4 is 15.4 Å². The van der Waals surface area contributed by atoms with E-state index in [2.05, 4.69) is 15.7 Å². The van der Waals surface area contributed by atoms with E-state index >= 15 is 0 Å². The zero-order valence-electron chi connectivity index (χ0n) is 17.9. The second-order valence-electron chi connectivity index (χ2n) is 7.61. The van der Waals surface area contributed by atoms with E-state index in [0.717, 1.165) is 62.6 Å². The molecular weight excluding hydrogens is 493 g/mol. The summed E-state index contributed by atoms with van der Waals surface area (Å²) in [4.78, 5) is 4.69. The van der Waals surface area contributed by atoms with Crippen molar-refractivity contribution in [1.29, 1.82) is 0 Å². The summed E-state index contributed by atoms with van der Waals surface area (Å²) in [7, 11) is 0. The van der Waals surface area contributed by atoms with Gasteiger partial charge in [0.25, 0.3) is 0 Å². The van der Waals surface area contributed by atoms with Crippen molar-refractivity contribution < 1.29 is 9.47 Å². The van der Waals surface area contributed by atoms with E-state index in [4.69, 9.17) is 14.5 Å². The number of guanidine groups is 1. The molecule has 0 bridgehead atoms. The van der Waals surface area contributed by atoms with Crippen LogP contribution in [0.3, 0.4) is 0 Å². The molecule has 1 aromatic carbocycles. The van der Waals surface area contributed by atoms with Crippen LogP contribution in [0.1, 0.15) is 33.1 Å². The Morgan fingerprint density at radius 2 is 2.07 bits per heavy atom. The normalized spacial score (nSPS) is 13.8. The highest BCUT2D eigenvalue weighted by Crippen LogP contribution is 2.28. The Balaban J connectivity index is 0.00000320. The molecule has 1 aliphatic carbocycles. The third kappa shape index (κ3) is 9.80. The van der Waals surface area contributed by atoms with Gasteiger partial charge in [0.2, 0.25) is 0 Å². The standard InChI is InChI=1S/C22H33N5O2.HI/c1-18(2)29-21-9-7-20(8-10-21)26-22(24-13-15-27-14-3-12-25-27)23-11-4-16-28-17-19-5-6-19;/h3,7-10,12,14,18-19H,4-6,11,13,15-17H2,1-2H3,(H2,23,24,26);1H. The van der Waals surface area contributed by atoms with E-state index in [1.807, 2.05) is 55.1 Å². The lowest BCUT2D eigenvalue weighted by molar-refractivity contribution is 0.123. The fourth-order valence-electron chi connectivity index (χ4n) is 2.78. The van der Waals surface area contributed by atoms with Gasteiger partial charge in [0, 0.05) is 44.4 Å². The average Bonchev–Trinajstić information content (AvgIpc) is 3.38. The van der Waals surface area contributed by atoms with Gasteiger partial charge in [0.15, 0.2) is 5.96 Å². The van der Waals surface area contributed by atoms with Crippen molar-refractivity contribution >= 4 is 35.6 Å². The Kier molecular flexibility index (Phi) is 11.0. The number of hydrogen-bond acceptors (Lipinski definition) is 4. The Morgan fingerprint density at radius 3 is 2.73 bits per heavy atom. The van der Waals surface area contributed by atoms with Gasteiger partial charge in [-0.15, -0.1) is 24.0 Å². The Hall–Kier alpha value is -1.81. The average molecular weight is 527 g/mol. The minimum Gasteiger partial charge on any atom is -0.491 e. The molecule has 1 aliphatic rings. The van der Waals surface area contributed by atoms with Crippen LogP contribution in [0.4, 0.5) is 5.69 Å². The van der Waals surface area contributed by atoms with Crippen molar-refractivity contribution in [2.75, 3.05) is 31.6 Å². The molecule has 0 atom stereocenters. The number of ether oxygens (including phenoxy) is 2. The molecule has 8 heteroatoms. The summed E-state index contributed by atoms with van der Waals surface area (Å²) in [5, 5.41) is 11.0. The highest BCUT2D eigenvalue weighted by Gasteiger charge is 2.20. The molecule has 3 rings (SSSR count). The number of aromatic nitrogens is 2. The van der Waals surface area contributed by atoms with Crippen LogP contribution in [-0.2, 0) is 11.3 Å². The lowest BCUT2D eigenvalue weighted by atomic mass is 10.3. The van der Waals surface area contributed by atoms with Crippen LogP contribution in [0.5, 0.6) is 5.75 Å². The van der Waals surface area contributed by atoms with Crippen LogP contribution in [0, 0.1) is 5.92 Å². The lowest BCUT2D eigenvalue weighted by Crippen LogP contribution is -2.33. The summed E-state index contributed by atoms with van der Waals surface area (Å²) < 4.78 is 13.3. The van der Waals surface area contributed by atoms with E-state index in [1.54, 1.807) is 6.20 Å². The third-order valence-electron chi connectivity index (χ3n) is 4.45. The van der Waals surface area contributed by atoms with Gasteiger partial charge in [-0.3, -0.25) is 9.67 Å². The van der Waals surface area contributed by atoms with Crippen LogP contribution in [0.15, 0.2) is 47.7 Å². The monoisotopic (exact) mass is 527 g/mol. The number of benzene rings is 1. The summed E-state index contributed by atoms with van der Waals surface area (Å²) in [6, 6.07) is 9.86. The second-order valence-corrected chi connectivity index (χ2v) is 7.61. The molecule has 0 saturated heterocycles. The molecule has 2 aromatic rings. The van der Waals surface area contributed by atoms with E-state index in [-0.39, 0.29) is 30.1 Å². The SMILES string of the molecule is CC(C)Oc1ccc(NC(=NCCCOCC2CC2)NCCn2cccn2)cc1.I. The van der Waals surface area contributed by atoms with Crippen molar-refractivity contribution in [3.8, 4) is 5.75 Å². The molecule has 0 aliphatic heterocycles. The highest BCUT2D eigenvalue weighted by atomic mass is 127. The third-order valence-corrected chi connectivity index (χ3v) is 4.45.